The van der Waals surface area contributed by atoms with Crippen LogP contribution < -0.4 is 10.2 Å². The second kappa shape index (κ2) is 8.40. The summed E-state index contributed by atoms with van der Waals surface area (Å²) in [6, 6.07) is 47.0. The Morgan fingerprint density at radius 1 is 0.535 bits per heavy atom. The zero-order valence-electron chi connectivity index (χ0n) is 23.0. The maximum atomic E-state index is 6.59. The topological polar surface area (TPSA) is 41.6 Å². The van der Waals surface area contributed by atoms with Crippen molar-refractivity contribution < 1.29 is 8.83 Å². The number of nitrogens with zero attached hydrogens (tertiary/aromatic N) is 1. The molecule has 0 saturated carbocycles. The van der Waals surface area contributed by atoms with E-state index in [9.17, 15) is 0 Å². The first-order valence-electron chi connectivity index (χ1n) is 14.6. The van der Waals surface area contributed by atoms with Crippen molar-refractivity contribution in [2.75, 3.05) is 10.2 Å². The third-order valence-corrected chi connectivity index (χ3v) is 9.05. The zero-order chi connectivity index (χ0) is 28.1. The number of rotatable bonds is 2. The number of hydrogen-bond donors (Lipinski definition) is 1. The van der Waals surface area contributed by atoms with Crippen molar-refractivity contribution in [3.05, 3.63) is 139 Å². The van der Waals surface area contributed by atoms with Gasteiger partial charge in [0.1, 0.15) is 22.9 Å². The summed E-state index contributed by atoms with van der Waals surface area (Å²) in [7, 11) is 0. The second-order valence-corrected chi connectivity index (χ2v) is 11.4. The SMILES string of the molecule is c1ccc2c(c1)NC1c3ccccc3-c3oc4ccc(-c5ccc(-c6cccc7c6oc6ccccc67)cc5)cc4c3N21. The fraction of sp³-hybridized carbons (Fsp3) is 0.0256. The molecule has 8 aromatic rings. The van der Waals surface area contributed by atoms with Crippen LogP contribution in [0.3, 0.4) is 0 Å². The van der Waals surface area contributed by atoms with Crippen LogP contribution in [0.2, 0.25) is 0 Å². The van der Waals surface area contributed by atoms with Gasteiger partial charge in [-0.25, -0.2) is 0 Å². The molecule has 0 bridgehead atoms. The Balaban J connectivity index is 1.11. The van der Waals surface area contributed by atoms with Gasteiger partial charge in [0, 0.05) is 32.8 Å². The van der Waals surface area contributed by atoms with Crippen LogP contribution in [-0.2, 0) is 0 Å². The summed E-state index contributed by atoms with van der Waals surface area (Å²) in [6.45, 7) is 0. The van der Waals surface area contributed by atoms with Gasteiger partial charge in [0.15, 0.2) is 5.76 Å². The third-order valence-electron chi connectivity index (χ3n) is 9.05. The molecule has 0 radical (unpaired) electrons. The molecule has 1 atom stereocenters. The standard InChI is InChI=1S/C39H24N2O2/c1-2-10-30-29(9-1)38-36(41-33-14-5-4-13-32(33)40-39(30)41)31-22-25(20-21-35(31)43-38)23-16-18-24(19-17-23)26-11-7-12-28-27-8-3-6-15-34(27)42-37(26)28/h1-22,39-40H. The van der Waals surface area contributed by atoms with E-state index in [1.54, 1.807) is 0 Å². The summed E-state index contributed by atoms with van der Waals surface area (Å²) in [5.74, 6) is 0.923. The molecule has 0 spiro atoms. The first kappa shape index (κ1) is 22.9. The Bertz CT molecular complexity index is 2400. The van der Waals surface area contributed by atoms with Gasteiger partial charge in [0.25, 0.3) is 0 Å². The van der Waals surface area contributed by atoms with Gasteiger partial charge in [-0.3, -0.25) is 0 Å². The highest BCUT2D eigenvalue weighted by molar-refractivity contribution is 6.10. The number of para-hydroxylation sites is 4. The van der Waals surface area contributed by atoms with E-state index in [4.69, 9.17) is 8.83 Å². The highest BCUT2D eigenvalue weighted by Crippen LogP contribution is 2.57. The Hall–Kier alpha value is -5.74. The van der Waals surface area contributed by atoms with E-state index in [0.29, 0.717) is 0 Å². The van der Waals surface area contributed by atoms with E-state index in [-0.39, 0.29) is 6.17 Å². The van der Waals surface area contributed by atoms with Gasteiger partial charge in [-0.05, 0) is 47.0 Å². The molecule has 1 N–H and O–H groups in total. The number of benzene rings is 6. The largest absolute Gasteiger partial charge is 0.455 e. The minimum absolute atomic E-state index is 0.0193. The van der Waals surface area contributed by atoms with Crippen LogP contribution >= 0.6 is 0 Å². The van der Waals surface area contributed by atoms with Gasteiger partial charge in [-0.1, -0.05) is 103 Å². The van der Waals surface area contributed by atoms with Crippen LogP contribution in [0.5, 0.6) is 0 Å². The summed E-state index contributed by atoms with van der Waals surface area (Å²) in [6.07, 6.45) is 0.0193. The quantitative estimate of drug-likeness (QED) is 0.232. The molecular formula is C39H24N2O2. The van der Waals surface area contributed by atoms with E-state index >= 15 is 0 Å². The Labute approximate surface area is 247 Å². The van der Waals surface area contributed by atoms with Crippen LogP contribution in [0, 0.1) is 0 Å². The lowest BCUT2D eigenvalue weighted by molar-refractivity contribution is 0.622. The summed E-state index contributed by atoms with van der Waals surface area (Å²) >= 11 is 0. The fourth-order valence-corrected chi connectivity index (χ4v) is 7.07. The molecule has 4 heteroatoms. The second-order valence-electron chi connectivity index (χ2n) is 11.4. The maximum Gasteiger partial charge on any atom is 0.159 e. The van der Waals surface area contributed by atoms with Gasteiger partial charge >= 0.3 is 0 Å². The van der Waals surface area contributed by atoms with Gasteiger partial charge in [0.2, 0.25) is 0 Å². The van der Waals surface area contributed by atoms with E-state index in [0.717, 1.165) is 77.9 Å². The number of furan rings is 2. The lowest BCUT2D eigenvalue weighted by Gasteiger charge is -2.32. The maximum absolute atomic E-state index is 6.59. The van der Waals surface area contributed by atoms with Crippen molar-refractivity contribution >= 4 is 50.0 Å². The minimum atomic E-state index is 0.0193. The number of fused-ring (bicyclic) bond motifs is 13. The molecule has 2 aliphatic heterocycles. The van der Waals surface area contributed by atoms with E-state index in [2.05, 4.69) is 132 Å². The molecule has 2 aromatic heterocycles. The first-order chi connectivity index (χ1) is 21.3. The van der Waals surface area contributed by atoms with Crippen molar-refractivity contribution in [2.24, 2.45) is 0 Å². The summed E-state index contributed by atoms with van der Waals surface area (Å²) in [4.78, 5) is 2.40. The van der Waals surface area contributed by atoms with Crippen LogP contribution in [0.25, 0.3) is 66.5 Å². The number of nitrogens with one attached hydrogen (secondary N) is 1. The highest BCUT2D eigenvalue weighted by atomic mass is 16.3. The van der Waals surface area contributed by atoms with Crippen LogP contribution in [0.4, 0.5) is 17.1 Å². The van der Waals surface area contributed by atoms with Crippen LogP contribution in [0.15, 0.2) is 142 Å². The first-order valence-corrected chi connectivity index (χ1v) is 14.6. The molecule has 0 aliphatic carbocycles. The lowest BCUT2D eigenvalue weighted by atomic mass is 9.95. The van der Waals surface area contributed by atoms with Crippen LogP contribution in [0.1, 0.15) is 11.7 Å². The molecular weight excluding hydrogens is 528 g/mol. The average Bonchev–Trinajstić information content (AvgIpc) is 3.76. The molecule has 43 heavy (non-hydrogen) atoms. The molecule has 0 saturated heterocycles. The Morgan fingerprint density at radius 3 is 2.21 bits per heavy atom. The smallest absolute Gasteiger partial charge is 0.159 e. The molecule has 10 rings (SSSR count). The molecule has 1 unspecified atom stereocenters. The molecule has 6 aromatic carbocycles. The van der Waals surface area contributed by atoms with Crippen molar-refractivity contribution in [3.8, 4) is 33.6 Å². The summed E-state index contributed by atoms with van der Waals surface area (Å²) in [5.41, 5.74) is 13.1. The molecule has 2 aliphatic rings. The van der Waals surface area contributed by atoms with Crippen molar-refractivity contribution in [1.29, 1.82) is 0 Å². The van der Waals surface area contributed by atoms with Gasteiger partial charge in [-0.15, -0.1) is 0 Å². The highest BCUT2D eigenvalue weighted by Gasteiger charge is 2.40. The Morgan fingerprint density at radius 2 is 1.26 bits per heavy atom. The van der Waals surface area contributed by atoms with Gasteiger partial charge in [-0.2, -0.15) is 0 Å². The van der Waals surface area contributed by atoms with Gasteiger partial charge in [0.05, 0.1) is 17.1 Å². The summed E-state index contributed by atoms with van der Waals surface area (Å²) < 4.78 is 12.9. The van der Waals surface area contributed by atoms with Crippen molar-refractivity contribution in [1.82, 2.24) is 0 Å². The predicted molar refractivity (Wildman–Crippen MR) is 175 cm³/mol. The summed E-state index contributed by atoms with van der Waals surface area (Å²) in [5, 5.41) is 7.16. The molecule has 0 amide bonds. The average molecular weight is 553 g/mol. The number of anilines is 3. The fourth-order valence-electron chi connectivity index (χ4n) is 7.07. The minimum Gasteiger partial charge on any atom is -0.455 e. The molecule has 4 nitrogen and oxygen atoms in total. The van der Waals surface area contributed by atoms with E-state index < -0.39 is 0 Å². The normalized spacial score (nSPS) is 14.9. The molecule has 0 fully saturated rings. The van der Waals surface area contributed by atoms with Gasteiger partial charge < -0.3 is 19.1 Å². The third kappa shape index (κ3) is 3.15. The van der Waals surface area contributed by atoms with Crippen molar-refractivity contribution in [2.45, 2.75) is 6.17 Å². The predicted octanol–water partition coefficient (Wildman–Crippen LogP) is 10.9. The Kier molecular flexibility index (Phi) is 4.47. The monoisotopic (exact) mass is 552 g/mol. The van der Waals surface area contributed by atoms with Crippen LogP contribution in [-0.4, -0.2) is 0 Å². The number of hydrogen-bond acceptors (Lipinski definition) is 4. The lowest BCUT2D eigenvalue weighted by Crippen LogP contribution is -2.27. The molecule has 4 heterocycles. The van der Waals surface area contributed by atoms with Crippen molar-refractivity contribution in [3.63, 3.8) is 0 Å². The molecule has 202 valence electrons. The van der Waals surface area contributed by atoms with E-state index in [1.165, 1.54) is 11.3 Å². The zero-order valence-corrected chi connectivity index (χ0v) is 23.0. The van der Waals surface area contributed by atoms with E-state index in [1.807, 2.05) is 12.1 Å².